The fourth-order valence-electron chi connectivity index (χ4n) is 2.66. The number of nitrogens with zero attached hydrogens (tertiary/aromatic N) is 2. The molecule has 3 aromatic heterocycles. The molecule has 0 aliphatic carbocycles. The molecule has 0 unspecified atom stereocenters. The van der Waals surface area contributed by atoms with Crippen molar-refractivity contribution >= 4 is 28.2 Å². The van der Waals surface area contributed by atoms with Crippen LogP contribution < -0.4 is 11.1 Å². The number of aromatic nitrogens is 2. The van der Waals surface area contributed by atoms with E-state index in [1.165, 1.54) is 18.3 Å². The van der Waals surface area contributed by atoms with Crippen molar-refractivity contribution in [1.29, 1.82) is 0 Å². The molecule has 0 fully saturated rings. The molecular formula is C18H11F3N4O. The zero-order valence-electron chi connectivity index (χ0n) is 13.1. The van der Waals surface area contributed by atoms with Crippen molar-refractivity contribution in [1.82, 2.24) is 9.97 Å². The Bertz CT molecular complexity index is 1090. The lowest BCUT2D eigenvalue weighted by molar-refractivity contribution is 0.513. The number of halogens is 3. The van der Waals surface area contributed by atoms with E-state index in [2.05, 4.69) is 15.3 Å². The summed E-state index contributed by atoms with van der Waals surface area (Å²) >= 11 is 0. The van der Waals surface area contributed by atoms with Crippen molar-refractivity contribution in [2.75, 3.05) is 11.1 Å². The zero-order chi connectivity index (χ0) is 18.3. The van der Waals surface area contributed by atoms with Crippen LogP contribution in [0.1, 0.15) is 0 Å². The summed E-state index contributed by atoms with van der Waals surface area (Å²) in [4.78, 5) is 7.21. The standard InChI is InChI=1S/C18H11F3N4O/c19-10-1-3-11(4-2-10)24-16-12-5-6-23-15(17(12)26-18(16)22)9-7-13(20)25-14(21)8-9/h1-8,24H,22H2. The van der Waals surface area contributed by atoms with Gasteiger partial charge >= 0.3 is 0 Å². The van der Waals surface area contributed by atoms with Gasteiger partial charge in [0.15, 0.2) is 5.58 Å². The average molecular weight is 356 g/mol. The second kappa shape index (κ2) is 6.07. The lowest BCUT2D eigenvalue weighted by Gasteiger charge is -2.05. The first kappa shape index (κ1) is 15.9. The van der Waals surface area contributed by atoms with Gasteiger partial charge in [-0.1, -0.05) is 0 Å². The van der Waals surface area contributed by atoms with Crippen LogP contribution in [0.15, 0.2) is 53.1 Å². The Morgan fingerprint density at radius 1 is 0.962 bits per heavy atom. The molecule has 26 heavy (non-hydrogen) atoms. The van der Waals surface area contributed by atoms with E-state index >= 15 is 0 Å². The van der Waals surface area contributed by atoms with E-state index < -0.39 is 11.9 Å². The van der Waals surface area contributed by atoms with Gasteiger partial charge in [0.2, 0.25) is 17.8 Å². The summed E-state index contributed by atoms with van der Waals surface area (Å²) in [7, 11) is 0. The topological polar surface area (TPSA) is 77.0 Å². The lowest BCUT2D eigenvalue weighted by atomic mass is 10.1. The third-order valence-corrected chi connectivity index (χ3v) is 3.78. The van der Waals surface area contributed by atoms with Gasteiger partial charge in [-0.2, -0.15) is 13.8 Å². The van der Waals surface area contributed by atoms with E-state index in [1.807, 2.05) is 0 Å². The number of nitrogens with one attached hydrogen (secondary N) is 1. The summed E-state index contributed by atoms with van der Waals surface area (Å²) in [6.45, 7) is 0. The average Bonchev–Trinajstić information content (AvgIpc) is 2.91. The predicted octanol–water partition coefficient (Wildman–Crippen LogP) is 4.63. The number of anilines is 3. The maximum atomic E-state index is 13.4. The van der Waals surface area contributed by atoms with Gasteiger partial charge < -0.3 is 15.5 Å². The van der Waals surface area contributed by atoms with E-state index in [1.54, 1.807) is 18.2 Å². The molecule has 0 atom stereocenters. The van der Waals surface area contributed by atoms with Crippen LogP contribution in [0.4, 0.5) is 30.4 Å². The minimum absolute atomic E-state index is 0.0635. The summed E-state index contributed by atoms with van der Waals surface area (Å²) in [5.74, 6) is -2.24. The first-order valence-electron chi connectivity index (χ1n) is 7.54. The molecule has 4 rings (SSSR count). The van der Waals surface area contributed by atoms with Crippen LogP contribution in [0.5, 0.6) is 0 Å². The smallest absolute Gasteiger partial charge is 0.216 e. The number of benzene rings is 1. The molecule has 4 aromatic rings. The highest BCUT2D eigenvalue weighted by molar-refractivity contribution is 6.03. The normalized spacial score (nSPS) is 11.0. The highest BCUT2D eigenvalue weighted by Gasteiger charge is 2.18. The van der Waals surface area contributed by atoms with E-state index in [0.717, 1.165) is 12.1 Å². The largest absolute Gasteiger partial charge is 0.436 e. The van der Waals surface area contributed by atoms with Gasteiger partial charge in [-0.25, -0.2) is 4.39 Å². The summed E-state index contributed by atoms with van der Waals surface area (Å²) in [6.07, 6.45) is 1.47. The van der Waals surface area contributed by atoms with Crippen molar-refractivity contribution in [2.45, 2.75) is 0 Å². The predicted molar refractivity (Wildman–Crippen MR) is 91.3 cm³/mol. The Morgan fingerprint density at radius 2 is 1.65 bits per heavy atom. The van der Waals surface area contributed by atoms with Crippen LogP contribution in [0, 0.1) is 17.7 Å². The minimum atomic E-state index is -0.969. The van der Waals surface area contributed by atoms with Crippen molar-refractivity contribution in [3.8, 4) is 11.3 Å². The van der Waals surface area contributed by atoms with Gasteiger partial charge in [0.25, 0.3) is 0 Å². The number of hydrogen-bond acceptors (Lipinski definition) is 5. The molecule has 0 bridgehead atoms. The lowest BCUT2D eigenvalue weighted by Crippen LogP contribution is -1.94. The van der Waals surface area contributed by atoms with Crippen molar-refractivity contribution < 1.29 is 17.6 Å². The van der Waals surface area contributed by atoms with Gasteiger partial charge in [-0.05, 0) is 30.3 Å². The third-order valence-electron chi connectivity index (χ3n) is 3.78. The Morgan fingerprint density at radius 3 is 2.35 bits per heavy atom. The minimum Gasteiger partial charge on any atom is -0.436 e. The van der Waals surface area contributed by atoms with Crippen molar-refractivity contribution in [2.24, 2.45) is 0 Å². The monoisotopic (exact) mass is 356 g/mol. The van der Waals surface area contributed by atoms with Crippen LogP contribution in [0.3, 0.4) is 0 Å². The van der Waals surface area contributed by atoms with Crippen molar-refractivity contribution in [3.05, 3.63) is 66.4 Å². The zero-order valence-corrected chi connectivity index (χ0v) is 13.1. The third kappa shape index (κ3) is 2.81. The second-order valence-corrected chi connectivity index (χ2v) is 5.51. The molecule has 3 heterocycles. The molecular weight excluding hydrogens is 345 g/mol. The highest BCUT2D eigenvalue weighted by atomic mass is 19.1. The molecule has 0 amide bonds. The molecule has 0 saturated heterocycles. The maximum absolute atomic E-state index is 13.4. The van der Waals surface area contributed by atoms with Crippen LogP contribution in [0.2, 0.25) is 0 Å². The van der Waals surface area contributed by atoms with Crippen LogP contribution in [0.25, 0.3) is 22.2 Å². The Hall–Kier alpha value is -3.55. The van der Waals surface area contributed by atoms with E-state index in [4.69, 9.17) is 10.2 Å². The molecule has 130 valence electrons. The SMILES string of the molecule is Nc1oc2c(-c3cc(F)nc(F)c3)nccc2c1Nc1ccc(F)cc1. The Kier molecular flexibility index (Phi) is 3.72. The van der Waals surface area contributed by atoms with Crippen molar-refractivity contribution in [3.63, 3.8) is 0 Å². The van der Waals surface area contributed by atoms with Gasteiger partial charge in [-0.3, -0.25) is 4.98 Å². The Balaban J connectivity index is 1.84. The number of fused-ring (bicyclic) bond motifs is 1. The fraction of sp³-hybridized carbons (Fsp3) is 0. The number of nitrogen functional groups attached to an aromatic ring is 1. The summed E-state index contributed by atoms with van der Waals surface area (Å²) < 4.78 is 45.5. The molecule has 8 heteroatoms. The van der Waals surface area contributed by atoms with E-state index in [0.29, 0.717) is 16.8 Å². The van der Waals surface area contributed by atoms with Gasteiger partial charge in [0, 0.05) is 29.6 Å². The number of hydrogen-bond donors (Lipinski definition) is 2. The number of pyridine rings is 2. The second-order valence-electron chi connectivity index (χ2n) is 5.51. The molecule has 0 aliphatic rings. The number of furan rings is 1. The molecule has 0 radical (unpaired) electrons. The molecule has 0 saturated carbocycles. The molecule has 1 aromatic carbocycles. The first-order chi connectivity index (χ1) is 12.5. The molecule has 0 aliphatic heterocycles. The van der Waals surface area contributed by atoms with Gasteiger partial charge in [0.05, 0.1) is 5.39 Å². The Labute approximate surface area is 145 Å². The van der Waals surface area contributed by atoms with E-state index in [9.17, 15) is 13.2 Å². The summed E-state index contributed by atoms with van der Waals surface area (Å²) in [5, 5.41) is 3.61. The quantitative estimate of drug-likeness (QED) is 0.523. The highest BCUT2D eigenvalue weighted by Crippen LogP contribution is 2.39. The first-order valence-corrected chi connectivity index (χ1v) is 7.54. The van der Waals surface area contributed by atoms with Crippen LogP contribution in [-0.2, 0) is 0 Å². The maximum Gasteiger partial charge on any atom is 0.216 e. The number of nitrogens with two attached hydrogens (primary N) is 1. The van der Waals surface area contributed by atoms with E-state index in [-0.39, 0.29) is 28.5 Å². The molecule has 0 spiro atoms. The summed E-state index contributed by atoms with van der Waals surface area (Å²) in [6, 6.07) is 9.45. The molecule has 3 N–H and O–H groups in total. The van der Waals surface area contributed by atoms with Gasteiger partial charge in [0.1, 0.15) is 17.2 Å². The number of rotatable bonds is 3. The fourth-order valence-corrected chi connectivity index (χ4v) is 2.66. The molecule has 5 nitrogen and oxygen atoms in total. The summed E-state index contributed by atoms with van der Waals surface area (Å²) in [5.41, 5.74) is 7.65. The van der Waals surface area contributed by atoms with Crippen LogP contribution in [-0.4, -0.2) is 9.97 Å². The van der Waals surface area contributed by atoms with Gasteiger partial charge in [-0.15, -0.1) is 0 Å². The van der Waals surface area contributed by atoms with Crippen LogP contribution >= 0.6 is 0 Å².